The largest absolute Gasteiger partial charge is 0.491 e. The molecule has 0 spiro atoms. The van der Waals surface area contributed by atoms with E-state index in [9.17, 15) is 9.90 Å². The van der Waals surface area contributed by atoms with E-state index in [4.69, 9.17) is 10.00 Å². The van der Waals surface area contributed by atoms with Crippen LogP contribution in [0.5, 0.6) is 5.75 Å². The Morgan fingerprint density at radius 3 is 2.88 bits per heavy atom. The summed E-state index contributed by atoms with van der Waals surface area (Å²) in [5, 5.41) is 19.4. The molecule has 2 heterocycles. The molecule has 1 aromatic carbocycles. The molecule has 122 valence electrons. The molecule has 0 aliphatic heterocycles. The van der Waals surface area contributed by atoms with Gasteiger partial charge in [-0.15, -0.1) is 11.3 Å². The molecule has 1 N–H and O–H groups in total. The summed E-state index contributed by atoms with van der Waals surface area (Å²) in [6, 6.07) is 10.5. The van der Waals surface area contributed by atoms with Crippen molar-refractivity contribution < 1.29 is 9.84 Å². The number of hydrogen-bond donors (Lipinski definition) is 1. The van der Waals surface area contributed by atoms with Crippen molar-refractivity contribution in [1.29, 1.82) is 5.26 Å². The Kier molecular flexibility index (Phi) is 4.60. The molecular formula is C17H15N3O3S. The number of benzene rings is 1. The third kappa shape index (κ3) is 3.45. The highest BCUT2D eigenvalue weighted by Crippen LogP contribution is 2.19. The third-order valence-corrected chi connectivity index (χ3v) is 4.43. The van der Waals surface area contributed by atoms with Crippen LogP contribution in [0.15, 0.2) is 41.5 Å². The van der Waals surface area contributed by atoms with Gasteiger partial charge in [-0.2, -0.15) is 5.26 Å². The second kappa shape index (κ2) is 6.83. The van der Waals surface area contributed by atoms with Crippen molar-refractivity contribution in [3.63, 3.8) is 0 Å². The molecular weight excluding hydrogens is 326 g/mol. The topological polar surface area (TPSA) is 88.1 Å². The van der Waals surface area contributed by atoms with Gasteiger partial charge < -0.3 is 9.84 Å². The Balaban J connectivity index is 1.66. The molecule has 0 saturated heterocycles. The van der Waals surface area contributed by atoms with Gasteiger partial charge in [0.05, 0.1) is 29.9 Å². The van der Waals surface area contributed by atoms with E-state index in [0.717, 1.165) is 4.88 Å². The van der Waals surface area contributed by atoms with E-state index in [1.54, 1.807) is 24.3 Å². The van der Waals surface area contributed by atoms with Gasteiger partial charge in [0.2, 0.25) is 0 Å². The predicted molar refractivity (Wildman–Crippen MR) is 91.3 cm³/mol. The minimum Gasteiger partial charge on any atom is -0.491 e. The summed E-state index contributed by atoms with van der Waals surface area (Å²) in [5.74, 6) is 0.558. The van der Waals surface area contributed by atoms with Crippen LogP contribution in [0.3, 0.4) is 0 Å². The van der Waals surface area contributed by atoms with Crippen molar-refractivity contribution in [3.8, 4) is 11.8 Å². The smallest absolute Gasteiger partial charge is 0.262 e. The standard InChI is InChI=1S/C17H15N3O3S/c1-11-6-15-16(24-11)19-10-20(17(15)22)8-13(21)9-23-14-4-2-12(7-18)3-5-14/h2-6,10,13,21H,8-9H2,1H3. The summed E-state index contributed by atoms with van der Waals surface area (Å²) < 4.78 is 6.87. The maximum absolute atomic E-state index is 12.4. The molecule has 3 rings (SSSR count). The van der Waals surface area contributed by atoms with Crippen LogP contribution < -0.4 is 10.3 Å². The van der Waals surface area contributed by atoms with E-state index in [-0.39, 0.29) is 18.7 Å². The van der Waals surface area contributed by atoms with Crippen LogP contribution in [0.2, 0.25) is 0 Å². The van der Waals surface area contributed by atoms with Gasteiger partial charge in [-0.05, 0) is 37.3 Å². The lowest BCUT2D eigenvalue weighted by molar-refractivity contribution is 0.0915. The fourth-order valence-electron chi connectivity index (χ4n) is 2.31. The maximum atomic E-state index is 12.4. The monoisotopic (exact) mass is 341 g/mol. The number of fused-ring (bicyclic) bond motifs is 1. The Morgan fingerprint density at radius 2 is 2.17 bits per heavy atom. The second-order valence-electron chi connectivity index (χ2n) is 5.38. The fourth-order valence-corrected chi connectivity index (χ4v) is 3.15. The van der Waals surface area contributed by atoms with Gasteiger partial charge in [-0.3, -0.25) is 9.36 Å². The number of nitriles is 1. The summed E-state index contributed by atoms with van der Waals surface area (Å²) in [6.07, 6.45) is 0.600. The first-order valence-corrected chi connectivity index (χ1v) is 8.15. The van der Waals surface area contributed by atoms with Crippen LogP contribution in [0.25, 0.3) is 10.2 Å². The fraction of sp³-hybridized carbons (Fsp3) is 0.235. The highest BCUT2D eigenvalue weighted by molar-refractivity contribution is 7.18. The van der Waals surface area contributed by atoms with Gasteiger partial charge in [0.1, 0.15) is 23.3 Å². The summed E-state index contributed by atoms with van der Waals surface area (Å²) in [7, 11) is 0. The minimum atomic E-state index is -0.850. The number of rotatable bonds is 5. The van der Waals surface area contributed by atoms with Crippen LogP contribution >= 0.6 is 11.3 Å². The van der Waals surface area contributed by atoms with E-state index in [1.165, 1.54) is 22.2 Å². The van der Waals surface area contributed by atoms with Crippen LogP contribution in [0.4, 0.5) is 0 Å². The van der Waals surface area contributed by atoms with Gasteiger partial charge >= 0.3 is 0 Å². The SMILES string of the molecule is Cc1cc2c(=O)n(CC(O)COc3ccc(C#N)cc3)cnc2s1. The third-order valence-electron chi connectivity index (χ3n) is 3.47. The van der Waals surface area contributed by atoms with Gasteiger partial charge in [0, 0.05) is 4.88 Å². The molecule has 0 bridgehead atoms. The first-order valence-electron chi connectivity index (χ1n) is 7.33. The van der Waals surface area contributed by atoms with Crippen molar-refractivity contribution in [1.82, 2.24) is 9.55 Å². The molecule has 1 unspecified atom stereocenters. The van der Waals surface area contributed by atoms with Crippen molar-refractivity contribution >= 4 is 21.6 Å². The highest BCUT2D eigenvalue weighted by Gasteiger charge is 2.11. The molecule has 7 heteroatoms. The van der Waals surface area contributed by atoms with Crippen molar-refractivity contribution in [2.75, 3.05) is 6.61 Å². The van der Waals surface area contributed by atoms with Gasteiger partial charge in [-0.1, -0.05) is 0 Å². The quantitative estimate of drug-likeness (QED) is 0.767. The average molecular weight is 341 g/mol. The summed E-state index contributed by atoms with van der Waals surface area (Å²) in [4.78, 5) is 18.4. The lowest BCUT2D eigenvalue weighted by Crippen LogP contribution is -2.30. The molecule has 0 fully saturated rings. The second-order valence-corrected chi connectivity index (χ2v) is 6.61. The van der Waals surface area contributed by atoms with Crippen LogP contribution in [0, 0.1) is 18.3 Å². The molecule has 0 amide bonds. The van der Waals surface area contributed by atoms with Gasteiger partial charge in [0.15, 0.2) is 0 Å². The van der Waals surface area contributed by atoms with Crippen molar-refractivity contribution in [3.05, 3.63) is 57.5 Å². The minimum absolute atomic E-state index is 0.0407. The van der Waals surface area contributed by atoms with Crippen LogP contribution in [-0.2, 0) is 6.54 Å². The molecule has 24 heavy (non-hydrogen) atoms. The van der Waals surface area contributed by atoms with E-state index in [1.807, 2.05) is 19.1 Å². The normalized spacial score (nSPS) is 12.0. The molecule has 0 aliphatic carbocycles. The predicted octanol–water partition coefficient (Wildman–Crippen LogP) is 2.08. The summed E-state index contributed by atoms with van der Waals surface area (Å²) in [5.41, 5.74) is 0.377. The Bertz CT molecular complexity index is 954. The molecule has 1 atom stereocenters. The molecule has 3 aromatic rings. The van der Waals surface area contributed by atoms with Crippen molar-refractivity contribution in [2.24, 2.45) is 0 Å². The molecule has 6 nitrogen and oxygen atoms in total. The first-order chi connectivity index (χ1) is 11.6. The Morgan fingerprint density at radius 1 is 1.42 bits per heavy atom. The van der Waals surface area contributed by atoms with E-state index >= 15 is 0 Å². The number of ether oxygens (including phenoxy) is 1. The lowest BCUT2D eigenvalue weighted by Gasteiger charge is -2.13. The van der Waals surface area contributed by atoms with E-state index in [2.05, 4.69) is 4.98 Å². The Labute approximate surface area is 142 Å². The number of aromatic nitrogens is 2. The first kappa shape index (κ1) is 16.2. The number of nitrogens with zero attached hydrogens (tertiary/aromatic N) is 3. The summed E-state index contributed by atoms with van der Waals surface area (Å²) >= 11 is 1.47. The number of aliphatic hydroxyl groups excluding tert-OH is 1. The molecule has 0 aliphatic rings. The zero-order chi connectivity index (χ0) is 17.1. The zero-order valence-corrected chi connectivity index (χ0v) is 13.8. The molecule has 2 aromatic heterocycles. The van der Waals surface area contributed by atoms with Crippen molar-refractivity contribution in [2.45, 2.75) is 19.6 Å². The number of aryl methyl sites for hydroxylation is 1. The number of aliphatic hydroxyl groups is 1. The Hall–Kier alpha value is -2.69. The number of thiophene rings is 1. The highest BCUT2D eigenvalue weighted by atomic mass is 32.1. The van der Waals surface area contributed by atoms with Gasteiger partial charge in [0.25, 0.3) is 5.56 Å². The lowest BCUT2D eigenvalue weighted by atomic mass is 10.2. The van der Waals surface area contributed by atoms with E-state index in [0.29, 0.717) is 21.5 Å². The zero-order valence-electron chi connectivity index (χ0n) is 13.0. The van der Waals surface area contributed by atoms with Gasteiger partial charge in [-0.25, -0.2) is 4.98 Å². The average Bonchev–Trinajstić information content (AvgIpc) is 2.97. The van der Waals surface area contributed by atoms with E-state index < -0.39 is 6.10 Å². The molecule has 0 radical (unpaired) electrons. The summed E-state index contributed by atoms with van der Waals surface area (Å²) in [6.45, 7) is 2.07. The van der Waals surface area contributed by atoms with Crippen LogP contribution in [0.1, 0.15) is 10.4 Å². The number of hydrogen-bond acceptors (Lipinski definition) is 6. The molecule has 0 saturated carbocycles. The van der Waals surface area contributed by atoms with Crippen LogP contribution in [-0.4, -0.2) is 27.4 Å². The maximum Gasteiger partial charge on any atom is 0.262 e.